The molecule has 37 heavy (non-hydrogen) atoms. The van der Waals surface area contributed by atoms with E-state index in [0.717, 1.165) is 64.4 Å². The first kappa shape index (κ1) is 32.1. The topological polar surface area (TPSA) is 119 Å². The highest BCUT2D eigenvalue weighted by atomic mass is 19.4. The predicted molar refractivity (Wildman–Crippen MR) is 117 cm³/mol. The number of hydrogen-bond acceptors (Lipinski definition) is 6. The minimum absolute atomic E-state index is 0.143. The summed E-state index contributed by atoms with van der Waals surface area (Å²) in [6.07, 6.45) is -3.17. The lowest BCUT2D eigenvalue weighted by atomic mass is 9.78. The van der Waals surface area contributed by atoms with Crippen LogP contribution in [0.5, 0.6) is 0 Å². The van der Waals surface area contributed by atoms with Crippen LogP contribution in [0.15, 0.2) is 12.4 Å². The summed E-state index contributed by atoms with van der Waals surface area (Å²) in [4.78, 5) is 41.8. The molecule has 1 amide bonds. The van der Waals surface area contributed by atoms with Crippen LogP contribution in [-0.2, 0) is 28.0 Å². The van der Waals surface area contributed by atoms with Crippen LogP contribution >= 0.6 is 0 Å². The Bertz CT molecular complexity index is 896. The Morgan fingerprint density at radius 2 is 1.59 bits per heavy atom. The van der Waals surface area contributed by atoms with Gasteiger partial charge in [-0.2, -0.15) is 26.3 Å². The largest absolute Gasteiger partial charge is 0.490 e. The maximum Gasteiger partial charge on any atom is 0.490 e. The van der Waals surface area contributed by atoms with Crippen molar-refractivity contribution in [2.24, 2.45) is 12.5 Å². The fourth-order valence-electron chi connectivity index (χ4n) is 3.92. The second kappa shape index (κ2) is 13.1. The first-order chi connectivity index (χ1) is 16.9. The van der Waals surface area contributed by atoms with Crippen LogP contribution in [0, 0.1) is 5.41 Å². The van der Waals surface area contributed by atoms with Crippen molar-refractivity contribution in [2.45, 2.75) is 38.2 Å². The lowest BCUT2D eigenvalue weighted by Gasteiger charge is -2.39. The van der Waals surface area contributed by atoms with Gasteiger partial charge in [0.15, 0.2) is 0 Å². The number of nitrogens with zero attached hydrogens (tertiary/aromatic N) is 5. The molecule has 1 unspecified atom stereocenters. The van der Waals surface area contributed by atoms with E-state index >= 15 is 0 Å². The molecular weight excluding hydrogens is 516 g/mol. The average Bonchev–Trinajstić information content (AvgIpc) is 3.29. The maximum absolute atomic E-state index is 13.0. The van der Waals surface area contributed by atoms with Gasteiger partial charge < -0.3 is 24.6 Å². The van der Waals surface area contributed by atoms with Gasteiger partial charge in [0, 0.05) is 45.6 Å². The predicted octanol–water partition coefficient (Wildman–Crippen LogP) is 2.06. The minimum Gasteiger partial charge on any atom is -0.475 e. The van der Waals surface area contributed by atoms with Crippen LogP contribution in [0.2, 0.25) is 0 Å². The highest BCUT2D eigenvalue weighted by Gasteiger charge is 2.48. The Hall–Kier alpha value is -2.88. The molecule has 0 radical (unpaired) electrons. The summed E-state index contributed by atoms with van der Waals surface area (Å²) in [6, 6.07) is 0. The van der Waals surface area contributed by atoms with Crippen LogP contribution in [0.1, 0.15) is 25.1 Å². The molecule has 10 nitrogen and oxygen atoms in total. The Kier molecular flexibility index (Phi) is 11.4. The van der Waals surface area contributed by atoms with E-state index in [-0.39, 0.29) is 5.41 Å². The van der Waals surface area contributed by atoms with E-state index in [1.807, 2.05) is 19.4 Å². The average molecular weight is 547 g/mol. The molecule has 2 fully saturated rings. The van der Waals surface area contributed by atoms with Gasteiger partial charge in [0.1, 0.15) is 5.82 Å². The highest BCUT2D eigenvalue weighted by Crippen LogP contribution is 2.40. The van der Waals surface area contributed by atoms with Crippen molar-refractivity contribution in [1.29, 1.82) is 0 Å². The van der Waals surface area contributed by atoms with E-state index in [1.165, 1.54) is 0 Å². The quantitative estimate of drug-likeness (QED) is 0.538. The summed E-state index contributed by atoms with van der Waals surface area (Å²) < 4.78 is 65.5. The molecule has 2 saturated heterocycles. The third-order valence-electron chi connectivity index (χ3n) is 5.85. The Morgan fingerprint density at radius 3 is 2.03 bits per heavy atom. The van der Waals surface area contributed by atoms with Crippen molar-refractivity contribution in [1.82, 2.24) is 24.3 Å². The van der Waals surface area contributed by atoms with Crippen LogP contribution in [0.25, 0.3) is 0 Å². The fraction of sp³-hybridized carbons (Fsp3) is 0.714. The summed E-state index contributed by atoms with van der Waals surface area (Å²) in [5.41, 5.74) is -0.143. The van der Waals surface area contributed by atoms with E-state index in [0.29, 0.717) is 5.91 Å². The Balaban J connectivity index is 0.000000404. The summed E-state index contributed by atoms with van der Waals surface area (Å²) in [7, 11) is 6.16. The second-order valence-corrected chi connectivity index (χ2v) is 9.00. The summed E-state index contributed by atoms with van der Waals surface area (Å²) in [5, 5.41) is 14.2. The number of halogens is 6. The van der Waals surface area contributed by atoms with Gasteiger partial charge in [-0.3, -0.25) is 9.69 Å². The zero-order valence-electron chi connectivity index (χ0n) is 20.6. The monoisotopic (exact) mass is 547 g/mol. The molecule has 1 aromatic rings. The van der Waals surface area contributed by atoms with Crippen molar-refractivity contribution in [2.75, 3.05) is 46.8 Å². The number of piperidine rings is 1. The zero-order chi connectivity index (χ0) is 28.6. The smallest absolute Gasteiger partial charge is 0.475 e. The molecule has 2 aliphatic heterocycles. The number of alkyl halides is 6. The van der Waals surface area contributed by atoms with Crippen molar-refractivity contribution < 1.29 is 50.9 Å². The molecule has 0 bridgehead atoms. The van der Waals surface area contributed by atoms with Gasteiger partial charge in [-0.25, -0.2) is 14.6 Å². The number of aliphatic carboxylic acids is 2. The van der Waals surface area contributed by atoms with Gasteiger partial charge in [-0.15, -0.1) is 0 Å². The minimum atomic E-state index is -5.08. The van der Waals surface area contributed by atoms with Gasteiger partial charge in [0.05, 0.1) is 12.0 Å². The van der Waals surface area contributed by atoms with Gasteiger partial charge in [0.25, 0.3) is 0 Å². The van der Waals surface area contributed by atoms with Crippen molar-refractivity contribution in [3.8, 4) is 0 Å². The van der Waals surface area contributed by atoms with Crippen LogP contribution in [-0.4, -0.2) is 111 Å². The molecule has 2 aliphatic rings. The number of aryl methyl sites for hydroxylation is 1. The maximum atomic E-state index is 13.0. The molecule has 1 spiro atoms. The Morgan fingerprint density at radius 1 is 1.05 bits per heavy atom. The molecule has 2 N–H and O–H groups in total. The summed E-state index contributed by atoms with van der Waals surface area (Å²) >= 11 is 0. The van der Waals surface area contributed by atoms with Crippen LogP contribution < -0.4 is 0 Å². The van der Waals surface area contributed by atoms with Crippen LogP contribution in [0.3, 0.4) is 0 Å². The number of carboxylic acid groups (broad SMARTS) is 2. The fourth-order valence-corrected chi connectivity index (χ4v) is 3.92. The molecule has 0 aromatic carbocycles. The van der Waals surface area contributed by atoms with Crippen molar-refractivity contribution >= 4 is 17.8 Å². The molecular formula is C21H31F6N5O5. The van der Waals surface area contributed by atoms with E-state index < -0.39 is 24.3 Å². The highest BCUT2D eigenvalue weighted by molar-refractivity contribution is 5.85. The lowest BCUT2D eigenvalue weighted by Crippen LogP contribution is -2.48. The number of carbonyl (C=O) groups excluding carboxylic acids is 1. The SMILES string of the molecule is CN(C)CCN1CCC2(CCCN(Cc3nccn3C)C2)C1=O.O=C(O)C(F)(F)F.O=C(O)C(F)(F)F. The molecule has 16 heteroatoms. The molecule has 212 valence electrons. The number of amides is 1. The molecule has 1 aromatic heterocycles. The summed E-state index contributed by atoms with van der Waals surface area (Å²) in [5.74, 6) is -4.05. The van der Waals surface area contributed by atoms with E-state index in [4.69, 9.17) is 19.8 Å². The van der Waals surface area contributed by atoms with Crippen LogP contribution in [0.4, 0.5) is 26.3 Å². The zero-order valence-corrected chi connectivity index (χ0v) is 20.6. The molecule has 0 saturated carbocycles. The second-order valence-electron chi connectivity index (χ2n) is 9.00. The van der Waals surface area contributed by atoms with E-state index in [2.05, 4.69) is 38.3 Å². The third-order valence-corrected chi connectivity index (χ3v) is 5.85. The number of likely N-dealkylation sites (N-methyl/N-ethyl adjacent to an activating group) is 1. The van der Waals surface area contributed by atoms with E-state index in [1.54, 1.807) is 0 Å². The first-order valence-corrected chi connectivity index (χ1v) is 11.1. The number of imidazole rings is 1. The normalized spacial score (nSPS) is 20.4. The standard InChI is InChI=1S/C17H29N5O.2C2HF3O2/c1-19(2)11-12-22-9-6-17(16(22)23)5-4-8-21(14-17)13-15-18-7-10-20(15)3;2*3-2(4,5)1(6)7/h7,10H,4-6,8-9,11-14H2,1-3H3;2*(H,6,7). The number of carbonyl (C=O) groups is 3. The third kappa shape index (κ3) is 10.2. The molecule has 3 rings (SSSR count). The number of aromatic nitrogens is 2. The van der Waals surface area contributed by atoms with Crippen molar-refractivity contribution in [3.63, 3.8) is 0 Å². The Labute approximate surface area is 209 Å². The number of hydrogen-bond donors (Lipinski definition) is 2. The summed E-state index contributed by atoms with van der Waals surface area (Å²) in [6.45, 7) is 5.52. The molecule has 3 heterocycles. The van der Waals surface area contributed by atoms with E-state index in [9.17, 15) is 31.1 Å². The van der Waals surface area contributed by atoms with Gasteiger partial charge in [0.2, 0.25) is 5.91 Å². The number of carboxylic acids is 2. The van der Waals surface area contributed by atoms with Gasteiger partial charge in [-0.05, 0) is 39.9 Å². The molecule has 1 atom stereocenters. The van der Waals surface area contributed by atoms with Crippen molar-refractivity contribution in [3.05, 3.63) is 18.2 Å². The van der Waals surface area contributed by atoms with Gasteiger partial charge in [-0.1, -0.05) is 0 Å². The van der Waals surface area contributed by atoms with Gasteiger partial charge >= 0.3 is 24.3 Å². The first-order valence-electron chi connectivity index (χ1n) is 11.1. The lowest BCUT2D eigenvalue weighted by molar-refractivity contribution is -0.193. The number of rotatable bonds is 5. The molecule has 0 aliphatic carbocycles. The number of likely N-dealkylation sites (tertiary alicyclic amines) is 2.